The Balaban J connectivity index is 3.30. The minimum absolute atomic E-state index is 0.220. The van der Waals surface area contributed by atoms with Gasteiger partial charge in [0.15, 0.2) is 0 Å². The summed E-state index contributed by atoms with van der Waals surface area (Å²) in [5.74, 6) is -0.220. The summed E-state index contributed by atoms with van der Waals surface area (Å²) >= 11 is 0. The van der Waals surface area contributed by atoms with Crippen molar-refractivity contribution in [2.45, 2.75) is 12.8 Å². The van der Waals surface area contributed by atoms with Gasteiger partial charge >= 0.3 is 5.97 Å². The summed E-state index contributed by atoms with van der Waals surface area (Å²) < 4.78 is 16.2. The molecule has 0 saturated carbocycles. The molecule has 12 heavy (non-hydrogen) atoms. The molecule has 0 aliphatic heterocycles. The maximum atomic E-state index is 11.7. The fourth-order valence-corrected chi connectivity index (χ4v) is 0.826. The molecule has 0 aromatic rings. The standard InChI is InChI=1S/C8H16FNO2/c1-10(6-3-5-9)7-4-8(11)12-2/h3-7H2,1-2H3. The van der Waals surface area contributed by atoms with Crippen molar-refractivity contribution in [3.05, 3.63) is 0 Å². The van der Waals surface area contributed by atoms with Crippen molar-refractivity contribution in [2.75, 3.05) is 33.9 Å². The molecule has 0 spiro atoms. The fraction of sp³-hybridized carbons (Fsp3) is 0.875. The summed E-state index contributed by atoms with van der Waals surface area (Å²) in [6, 6.07) is 0. The van der Waals surface area contributed by atoms with Crippen LogP contribution in [0.1, 0.15) is 12.8 Å². The highest BCUT2D eigenvalue weighted by Gasteiger charge is 2.02. The van der Waals surface area contributed by atoms with E-state index in [0.717, 1.165) is 0 Å². The lowest BCUT2D eigenvalue weighted by molar-refractivity contribution is -0.140. The first-order valence-corrected chi connectivity index (χ1v) is 4.02. The predicted octanol–water partition coefficient (Wildman–Crippen LogP) is 0.841. The van der Waals surface area contributed by atoms with Crippen LogP contribution in [0.5, 0.6) is 0 Å². The van der Waals surface area contributed by atoms with E-state index in [-0.39, 0.29) is 12.6 Å². The molecule has 0 rings (SSSR count). The van der Waals surface area contributed by atoms with Gasteiger partial charge < -0.3 is 9.64 Å². The van der Waals surface area contributed by atoms with Crippen LogP contribution in [0.4, 0.5) is 4.39 Å². The van der Waals surface area contributed by atoms with E-state index in [2.05, 4.69) is 4.74 Å². The molecule has 0 bridgehead atoms. The summed E-state index contributed by atoms with van der Waals surface area (Å²) in [7, 11) is 3.22. The van der Waals surface area contributed by atoms with Gasteiger partial charge in [-0.05, 0) is 13.5 Å². The van der Waals surface area contributed by atoms with Crippen LogP contribution in [0.3, 0.4) is 0 Å². The minimum Gasteiger partial charge on any atom is -0.469 e. The molecule has 0 aromatic heterocycles. The molecular formula is C8H16FNO2. The number of halogens is 1. The lowest BCUT2D eigenvalue weighted by Gasteiger charge is -2.14. The summed E-state index contributed by atoms with van der Waals surface area (Å²) in [6.07, 6.45) is 0.900. The Hall–Kier alpha value is -0.640. The Labute approximate surface area is 72.5 Å². The molecule has 72 valence electrons. The second-order valence-electron chi connectivity index (χ2n) is 2.67. The molecule has 0 N–H and O–H groups in total. The number of methoxy groups -OCH3 is 1. The van der Waals surface area contributed by atoms with E-state index in [1.165, 1.54) is 7.11 Å². The van der Waals surface area contributed by atoms with E-state index in [1.54, 1.807) is 0 Å². The van der Waals surface area contributed by atoms with Crippen LogP contribution in [0, 0.1) is 0 Å². The minimum atomic E-state index is -0.303. The van der Waals surface area contributed by atoms with Crippen molar-refractivity contribution < 1.29 is 13.9 Å². The van der Waals surface area contributed by atoms with Crippen LogP contribution >= 0.6 is 0 Å². The lowest BCUT2D eigenvalue weighted by Crippen LogP contribution is -2.23. The van der Waals surface area contributed by atoms with Crippen LogP contribution in [-0.2, 0) is 9.53 Å². The number of carbonyl (C=O) groups is 1. The maximum Gasteiger partial charge on any atom is 0.306 e. The molecule has 0 unspecified atom stereocenters. The van der Waals surface area contributed by atoms with Gasteiger partial charge in [-0.2, -0.15) is 0 Å². The van der Waals surface area contributed by atoms with Crippen LogP contribution in [0.15, 0.2) is 0 Å². The molecule has 0 fully saturated rings. The van der Waals surface area contributed by atoms with Crippen molar-refractivity contribution in [1.82, 2.24) is 4.90 Å². The van der Waals surface area contributed by atoms with Gasteiger partial charge in [-0.3, -0.25) is 9.18 Å². The van der Waals surface area contributed by atoms with Crippen molar-refractivity contribution >= 4 is 5.97 Å². The monoisotopic (exact) mass is 177 g/mol. The molecule has 3 nitrogen and oxygen atoms in total. The zero-order valence-electron chi connectivity index (χ0n) is 7.68. The maximum absolute atomic E-state index is 11.7. The van der Waals surface area contributed by atoms with E-state index in [9.17, 15) is 9.18 Å². The zero-order chi connectivity index (χ0) is 9.40. The normalized spacial score (nSPS) is 10.3. The van der Waals surface area contributed by atoms with Gasteiger partial charge in [0.25, 0.3) is 0 Å². The third kappa shape index (κ3) is 6.09. The van der Waals surface area contributed by atoms with Gasteiger partial charge in [0.1, 0.15) is 0 Å². The SMILES string of the molecule is COC(=O)CCN(C)CCCF. The average molecular weight is 177 g/mol. The highest BCUT2D eigenvalue weighted by Crippen LogP contribution is 1.92. The first-order chi connectivity index (χ1) is 5.70. The predicted molar refractivity (Wildman–Crippen MR) is 44.7 cm³/mol. The van der Waals surface area contributed by atoms with Gasteiger partial charge in [-0.15, -0.1) is 0 Å². The molecular weight excluding hydrogens is 161 g/mol. The third-order valence-corrected chi connectivity index (χ3v) is 1.60. The van der Waals surface area contributed by atoms with E-state index >= 15 is 0 Å². The molecule has 0 amide bonds. The lowest BCUT2D eigenvalue weighted by atomic mass is 10.3. The van der Waals surface area contributed by atoms with Crippen molar-refractivity contribution in [3.8, 4) is 0 Å². The fourth-order valence-electron chi connectivity index (χ4n) is 0.826. The molecule has 0 saturated heterocycles. The average Bonchev–Trinajstić information content (AvgIpc) is 2.10. The zero-order valence-corrected chi connectivity index (χ0v) is 7.68. The Kier molecular flexibility index (Phi) is 6.66. The van der Waals surface area contributed by atoms with Crippen LogP contribution < -0.4 is 0 Å². The first-order valence-electron chi connectivity index (χ1n) is 4.02. The van der Waals surface area contributed by atoms with E-state index in [1.807, 2.05) is 11.9 Å². The summed E-state index contributed by atoms with van der Waals surface area (Å²) in [5.41, 5.74) is 0. The summed E-state index contributed by atoms with van der Waals surface area (Å²) in [5, 5.41) is 0. The Morgan fingerprint density at radius 3 is 2.67 bits per heavy atom. The van der Waals surface area contributed by atoms with Gasteiger partial charge in [-0.25, -0.2) is 0 Å². The number of rotatable bonds is 6. The highest BCUT2D eigenvalue weighted by atomic mass is 19.1. The smallest absolute Gasteiger partial charge is 0.306 e. The molecule has 0 aliphatic rings. The van der Waals surface area contributed by atoms with Gasteiger partial charge in [-0.1, -0.05) is 0 Å². The summed E-state index contributed by atoms with van der Waals surface area (Å²) in [4.78, 5) is 12.6. The number of hydrogen-bond donors (Lipinski definition) is 0. The second-order valence-corrected chi connectivity index (χ2v) is 2.67. The van der Waals surface area contributed by atoms with Gasteiger partial charge in [0.2, 0.25) is 0 Å². The Morgan fingerprint density at radius 1 is 1.50 bits per heavy atom. The number of nitrogens with zero attached hydrogens (tertiary/aromatic N) is 1. The van der Waals surface area contributed by atoms with Crippen LogP contribution in [0.25, 0.3) is 0 Å². The first kappa shape index (κ1) is 11.4. The molecule has 4 heteroatoms. The van der Waals surface area contributed by atoms with E-state index in [0.29, 0.717) is 25.9 Å². The van der Waals surface area contributed by atoms with Crippen molar-refractivity contribution in [1.29, 1.82) is 0 Å². The summed E-state index contributed by atoms with van der Waals surface area (Å²) in [6.45, 7) is 1.02. The van der Waals surface area contributed by atoms with Crippen LogP contribution in [-0.4, -0.2) is 44.8 Å². The molecule has 0 atom stereocenters. The van der Waals surface area contributed by atoms with E-state index in [4.69, 9.17) is 0 Å². The number of carbonyl (C=O) groups excluding carboxylic acids is 1. The Morgan fingerprint density at radius 2 is 2.17 bits per heavy atom. The molecule has 0 aliphatic carbocycles. The molecule has 0 heterocycles. The van der Waals surface area contributed by atoms with Crippen LogP contribution in [0.2, 0.25) is 0 Å². The largest absolute Gasteiger partial charge is 0.469 e. The number of esters is 1. The van der Waals surface area contributed by atoms with Gasteiger partial charge in [0.05, 0.1) is 20.2 Å². The molecule has 0 aromatic carbocycles. The number of hydrogen-bond acceptors (Lipinski definition) is 3. The van der Waals surface area contributed by atoms with Crippen molar-refractivity contribution in [2.24, 2.45) is 0 Å². The van der Waals surface area contributed by atoms with E-state index < -0.39 is 0 Å². The van der Waals surface area contributed by atoms with Crippen molar-refractivity contribution in [3.63, 3.8) is 0 Å². The highest BCUT2D eigenvalue weighted by molar-refractivity contribution is 5.69. The third-order valence-electron chi connectivity index (χ3n) is 1.60. The quantitative estimate of drug-likeness (QED) is 0.563. The number of ether oxygens (including phenoxy) is 1. The topological polar surface area (TPSA) is 29.5 Å². The molecule has 0 radical (unpaired) electrons. The van der Waals surface area contributed by atoms with Gasteiger partial charge in [0, 0.05) is 13.1 Å². The number of alkyl halides is 1. The second kappa shape index (κ2) is 7.03. The Bertz CT molecular complexity index is 130.